The maximum Gasteiger partial charge on any atom is 0.263 e. The van der Waals surface area contributed by atoms with E-state index in [0.717, 1.165) is 11.4 Å². The highest BCUT2D eigenvalue weighted by atomic mass is 16.6. The first-order valence-electron chi connectivity index (χ1n) is 5.03. The van der Waals surface area contributed by atoms with Crippen molar-refractivity contribution in [1.29, 1.82) is 0 Å². The maximum absolute atomic E-state index is 5.61. The Bertz CT molecular complexity index is 515. The van der Waals surface area contributed by atoms with Gasteiger partial charge in [0.25, 0.3) is 11.8 Å². The highest BCUT2D eigenvalue weighted by Crippen LogP contribution is 2.42. The quantitative estimate of drug-likeness (QED) is 0.577. The van der Waals surface area contributed by atoms with E-state index in [9.17, 15) is 0 Å². The molecule has 0 aliphatic carbocycles. The van der Waals surface area contributed by atoms with Crippen molar-refractivity contribution in [3.05, 3.63) is 35.7 Å². The zero-order chi connectivity index (χ0) is 11.1. The van der Waals surface area contributed by atoms with Gasteiger partial charge in [-0.15, -0.1) is 0 Å². The highest BCUT2D eigenvalue weighted by Gasteiger charge is 2.20. The van der Waals surface area contributed by atoms with Gasteiger partial charge in [-0.2, -0.15) is 0 Å². The fourth-order valence-corrected chi connectivity index (χ4v) is 1.55. The molecule has 0 aromatic carbocycles. The number of hydrogen-bond donors (Lipinski definition) is 0. The van der Waals surface area contributed by atoms with Crippen LogP contribution in [0.3, 0.4) is 0 Å². The minimum atomic E-state index is 0.498. The number of hydrogen-bond acceptors (Lipinski definition) is 4. The Balaban J connectivity index is 2.09. The third kappa shape index (κ3) is 1.39. The van der Waals surface area contributed by atoms with Crippen LogP contribution in [0.25, 0.3) is 0 Å². The molecule has 0 saturated carbocycles. The van der Waals surface area contributed by atoms with Gasteiger partial charge in [-0.25, -0.2) is 9.97 Å². The molecule has 0 atom stereocenters. The molecule has 0 spiro atoms. The van der Waals surface area contributed by atoms with Crippen molar-refractivity contribution in [2.75, 3.05) is 0 Å². The number of aryl methyl sites for hydroxylation is 2. The SMILES string of the molecule is Cc1ccc2c(n1)Oc1ccc(C)nc1O2. The second kappa shape index (κ2) is 3.20. The van der Waals surface area contributed by atoms with Crippen molar-refractivity contribution in [3.8, 4) is 23.3 Å². The summed E-state index contributed by atoms with van der Waals surface area (Å²) in [7, 11) is 0. The fourth-order valence-electron chi connectivity index (χ4n) is 1.55. The van der Waals surface area contributed by atoms with E-state index in [-0.39, 0.29) is 0 Å². The summed E-state index contributed by atoms with van der Waals surface area (Å²) in [6.07, 6.45) is 0. The van der Waals surface area contributed by atoms with Crippen molar-refractivity contribution in [1.82, 2.24) is 9.97 Å². The van der Waals surface area contributed by atoms with Gasteiger partial charge in [0.1, 0.15) is 0 Å². The topological polar surface area (TPSA) is 44.2 Å². The van der Waals surface area contributed by atoms with Gasteiger partial charge < -0.3 is 9.47 Å². The average molecular weight is 214 g/mol. The molecule has 0 fully saturated rings. The number of pyridine rings is 2. The molecule has 4 nitrogen and oxygen atoms in total. The molecule has 0 N–H and O–H groups in total. The number of rotatable bonds is 0. The summed E-state index contributed by atoms with van der Waals surface area (Å²) < 4.78 is 11.2. The highest BCUT2D eigenvalue weighted by molar-refractivity contribution is 5.49. The Labute approximate surface area is 92.9 Å². The van der Waals surface area contributed by atoms with Gasteiger partial charge in [0.15, 0.2) is 11.5 Å². The molecule has 3 heterocycles. The zero-order valence-corrected chi connectivity index (χ0v) is 9.02. The van der Waals surface area contributed by atoms with E-state index in [4.69, 9.17) is 9.47 Å². The first-order chi connectivity index (χ1) is 7.72. The fraction of sp³-hybridized carbons (Fsp3) is 0.167. The van der Waals surface area contributed by atoms with Crippen LogP contribution in [-0.4, -0.2) is 9.97 Å². The monoisotopic (exact) mass is 214 g/mol. The molecule has 1 aliphatic heterocycles. The van der Waals surface area contributed by atoms with Crippen molar-refractivity contribution in [2.45, 2.75) is 13.8 Å². The van der Waals surface area contributed by atoms with Crippen LogP contribution >= 0.6 is 0 Å². The van der Waals surface area contributed by atoms with Crippen molar-refractivity contribution < 1.29 is 9.47 Å². The van der Waals surface area contributed by atoms with E-state index in [1.165, 1.54) is 0 Å². The molecule has 3 rings (SSSR count). The van der Waals surface area contributed by atoms with Crippen LogP contribution in [0.1, 0.15) is 11.4 Å². The lowest BCUT2D eigenvalue weighted by atomic mass is 10.3. The Morgan fingerprint density at radius 2 is 1.19 bits per heavy atom. The molecular formula is C12H10N2O2. The summed E-state index contributed by atoms with van der Waals surface area (Å²) in [4.78, 5) is 8.52. The van der Waals surface area contributed by atoms with Gasteiger partial charge in [0.05, 0.1) is 0 Å². The van der Waals surface area contributed by atoms with Crippen molar-refractivity contribution >= 4 is 0 Å². The molecule has 2 aromatic heterocycles. The predicted molar refractivity (Wildman–Crippen MR) is 58.1 cm³/mol. The van der Waals surface area contributed by atoms with Crippen LogP contribution in [0, 0.1) is 13.8 Å². The molecule has 0 saturated heterocycles. The van der Waals surface area contributed by atoms with Crippen molar-refractivity contribution in [2.24, 2.45) is 0 Å². The van der Waals surface area contributed by atoms with Crippen LogP contribution in [0.2, 0.25) is 0 Å². The molecular weight excluding hydrogens is 204 g/mol. The molecule has 2 aromatic rings. The predicted octanol–water partition coefficient (Wildman–Crippen LogP) is 2.99. The summed E-state index contributed by atoms with van der Waals surface area (Å²) in [6.45, 7) is 3.82. The van der Waals surface area contributed by atoms with Gasteiger partial charge in [-0.3, -0.25) is 0 Å². The molecule has 1 aliphatic rings. The molecule has 4 heteroatoms. The Morgan fingerprint density at radius 3 is 1.62 bits per heavy atom. The number of fused-ring (bicyclic) bond motifs is 2. The van der Waals surface area contributed by atoms with Crippen LogP contribution < -0.4 is 9.47 Å². The summed E-state index contributed by atoms with van der Waals surface area (Å²) in [5, 5.41) is 0. The number of nitrogens with zero attached hydrogens (tertiary/aromatic N) is 2. The van der Waals surface area contributed by atoms with Gasteiger partial charge in [0.2, 0.25) is 0 Å². The maximum atomic E-state index is 5.61. The summed E-state index contributed by atoms with van der Waals surface area (Å²) in [5.74, 6) is 2.21. The lowest BCUT2D eigenvalue weighted by Gasteiger charge is -2.18. The number of aromatic nitrogens is 2. The molecule has 0 bridgehead atoms. The van der Waals surface area contributed by atoms with E-state index in [2.05, 4.69) is 9.97 Å². The molecule has 0 radical (unpaired) electrons. The largest absolute Gasteiger partial charge is 0.430 e. The first-order valence-corrected chi connectivity index (χ1v) is 5.03. The smallest absolute Gasteiger partial charge is 0.263 e. The van der Waals surface area contributed by atoms with E-state index >= 15 is 0 Å². The van der Waals surface area contributed by atoms with Crippen LogP contribution in [0.15, 0.2) is 24.3 Å². The van der Waals surface area contributed by atoms with Crippen LogP contribution in [-0.2, 0) is 0 Å². The second-order valence-corrected chi connectivity index (χ2v) is 3.72. The normalized spacial score (nSPS) is 12.1. The Hall–Kier alpha value is -2.10. The minimum absolute atomic E-state index is 0.498. The van der Waals surface area contributed by atoms with Crippen LogP contribution in [0.5, 0.6) is 23.3 Å². The number of ether oxygens (including phenoxy) is 2. The van der Waals surface area contributed by atoms with Crippen LogP contribution in [0.4, 0.5) is 0 Å². The van der Waals surface area contributed by atoms with E-state index in [1.54, 1.807) is 0 Å². The van der Waals surface area contributed by atoms with Gasteiger partial charge in [-0.1, -0.05) is 0 Å². The molecule has 80 valence electrons. The van der Waals surface area contributed by atoms with Gasteiger partial charge >= 0.3 is 0 Å². The summed E-state index contributed by atoms with van der Waals surface area (Å²) >= 11 is 0. The molecule has 0 unspecified atom stereocenters. The molecule has 16 heavy (non-hydrogen) atoms. The van der Waals surface area contributed by atoms with E-state index < -0.39 is 0 Å². The summed E-state index contributed by atoms with van der Waals surface area (Å²) in [6, 6.07) is 7.43. The lowest BCUT2D eigenvalue weighted by Crippen LogP contribution is -2.03. The zero-order valence-electron chi connectivity index (χ0n) is 9.02. The summed E-state index contributed by atoms with van der Waals surface area (Å²) in [5.41, 5.74) is 1.79. The third-order valence-electron chi connectivity index (χ3n) is 2.34. The van der Waals surface area contributed by atoms with Crippen molar-refractivity contribution in [3.63, 3.8) is 0 Å². The Morgan fingerprint density at radius 1 is 0.750 bits per heavy atom. The third-order valence-corrected chi connectivity index (χ3v) is 2.34. The molecule has 0 amide bonds. The lowest BCUT2D eigenvalue weighted by molar-refractivity contribution is 0.335. The average Bonchev–Trinajstić information content (AvgIpc) is 2.26. The standard InChI is InChI=1S/C12H10N2O2/c1-7-3-5-9-11(13-7)15-10-6-4-8(2)14-12(10)16-9/h3-6H,1-2H3. The Kier molecular flexibility index (Phi) is 1.83. The second-order valence-electron chi connectivity index (χ2n) is 3.72. The van der Waals surface area contributed by atoms with Gasteiger partial charge in [-0.05, 0) is 38.1 Å². The van der Waals surface area contributed by atoms with Gasteiger partial charge in [0, 0.05) is 11.4 Å². The van der Waals surface area contributed by atoms with E-state index in [0.29, 0.717) is 23.3 Å². The first kappa shape index (κ1) is 9.15. The van der Waals surface area contributed by atoms with E-state index in [1.807, 2.05) is 38.1 Å². The minimum Gasteiger partial charge on any atom is -0.430 e.